The Morgan fingerprint density at radius 2 is 2.75 bits per heavy atom. The van der Waals surface area contributed by atoms with Crippen LogP contribution in [0, 0.1) is 0 Å². The second-order valence-corrected chi connectivity index (χ2v) is 1.99. The normalized spacial score (nSPS) is 27.2. The molecule has 1 unspecified atom stereocenters. The highest BCUT2D eigenvalue weighted by Crippen LogP contribution is 2.09. The van der Waals surface area contributed by atoms with Gasteiger partial charge in [-0.25, -0.2) is 0 Å². The summed E-state index contributed by atoms with van der Waals surface area (Å²) in [5.74, 6) is 1.36. The van der Waals surface area contributed by atoms with E-state index in [9.17, 15) is 0 Å². The maximum Gasteiger partial charge on any atom is 0.117 e. The highest BCUT2D eigenvalue weighted by Gasteiger charge is 2.11. The molecule has 1 aliphatic heterocycles. The van der Waals surface area contributed by atoms with Gasteiger partial charge in [0.25, 0.3) is 0 Å². The summed E-state index contributed by atoms with van der Waals surface area (Å²) in [4.78, 5) is 0. The molecule has 0 amide bonds. The highest BCUT2D eigenvalue weighted by molar-refractivity contribution is 7.80. The van der Waals surface area contributed by atoms with Crippen molar-refractivity contribution in [3.8, 4) is 0 Å². The van der Waals surface area contributed by atoms with Gasteiger partial charge in [0.15, 0.2) is 0 Å². The van der Waals surface area contributed by atoms with Crippen molar-refractivity contribution in [2.75, 3.05) is 12.4 Å². The molecule has 0 aliphatic carbocycles. The quantitative estimate of drug-likeness (QED) is 0.499. The predicted molar refractivity (Wildman–Crippen MR) is 33.9 cm³/mol. The van der Waals surface area contributed by atoms with Crippen LogP contribution in [0.5, 0.6) is 0 Å². The Bertz CT molecular complexity index is 111. The number of hydrogen-bond donors (Lipinski definition) is 2. The van der Waals surface area contributed by atoms with Crippen LogP contribution in [-0.4, -0.2) is 23.6 Å². The van der Waals surface area contributed by atoms with E-state index >= 15 is 0 Å². The van der Waals surface area contributed by atoms with Crippen LogP contribution in [0.1, 0.15) is 0 Å². The zero-order valence-corrected chi connectivity index (χ0v) is 5.27. The molecule has 8 heavy (non-hydrogen) atoms. The fraction of sp³-hybridized carbons (Fsp3) is 0.600. The van der Waals surface area contributed by atoms with Gasteiger partial charge in [0.2, 0.25) is 0 Å². The minimum Gasteiger partial charge on any atom is -0.494 e. The fourth-order valence-electron chi connectivity index (χ4n) is 0.602. The Morgan fingerprint density at radius 1 is 2.00 bits per heavy atom. The maximum atomic E-state index is 8.80. The van der Waals surface area contributed by atoms with Crippen LogP contribution < -0.4 is 0 Å². The zero-order valence-electron chi connectivity index (χ0n) is 4.37. The molecule has 2 nitrogen and oxygen atoms in total. The Kier molecular flexibility index (Phi) is 1.81. The number of ether oxygens (including phenoxy) is 1. The largest absolute Gasteiger partial charge is 0.494 e. The lowest BCUT2D eigenvalue weighted by atomic mass is 10.4. The van der Waals surface area contributed by atoms with Crippen LogP contribution >= 0.6 is 12.6 Å². The second-order valence-electron chi connectivity index (χ2n) is 1.67. The molecular weight excluding hydrogens is 124 g/mol. The summed E-state index contributed by atoms with van der Waals surface area (Å²) in [5, 5.41) is 8.80. The summed E-state index contributed by atoms with van der Waals surface area (Å²) >= 11 is 3.95. The topological polar surface area (TPSA) is 29.5 Å². The van der Waals surface area contributed by atoms with Gasteiger partial charge in [0, 0.05) is 5.75 Å². The minimum atomic E-state index is -0.405. The lowest BCUT2D eigenvalue weighted by molar-refractivity contribution is 0.137. The number of aliphatic hydroxyl groups excluding tert-OH is 1. The van der Waals surface area contributed by atoms with Crippen LogP contribution in [0.15, 0.2) is 11.8 Å². The molecule has 0 aromatic heterocycles. The van der Waals surface area contributed by atoms with Crippen molar-refractivity contribution >= 4 is 12.6 Å². The van der Waals surface area contributed by atoms with Crippen LogP contribution in [0.2, 0.25) is 0 Å². The van der Waals surface area contributed by atoms with Crippen LogP contribution in [0.3, 0.4) is 0 Å². The van der Waals surface area contributed by atoms with Gasteiger partial charge in [-0.3, -0.25) is 0 Å². The molecule has 1 aliphatic rings. The predicted octanol–water partition coefficient (Wildman–Crippen LogP) is 0.191. The molecule has 0 bridgehead atoms. The summed E-state index contributed by atoms with van der Waals surface area (Å²) in [5.41, 5.74) is 0. The van der Waals surface area contributed by atoms with Gasteiger partial charge in [0.05, 0.1) is 0 Å². The van der Waals surface area contributed by atoms with Crippen molar-refractivity contribution in [2.24, 2.45) is 0 Å². The van der Waals surface area contributed by atoms with Gasteiger partial charge < -0.3 is 9.84 Å². The van der Waals surface area contributed by atoms with E-state index in [1.165, 1.54) is 0 Å². The molecular formula is C5H8O2S. The molecule has 0 radical (unpaired) electrons. The molecule has 1 N–H and O–H groups in total. The molecule has 0 spiro atoms. The lowest BCUT2D eigenvalue weighted by Gasteiger charge is -1.95. The summed E-state index contributed by atoms with van der Waals surface area (Å²) in [6.45, 7) is 0.399. The molecule has 3 heteroatoms. The van der Waals surface area contributed by atoms with Gasteiger partial charge in [-0.2, -0.15) is 12.6 Å². The van der Waals surface area contributed by atoms with E-state index in [4.69, 9.17) is 9.84 Å². The summed E-state index contributed by atoms with van der Waals surface area (Å²) in [6, 6.07) is 0. The molecule has 1 rings (SSSR count). The van der Waals surface area contributed by atoms with E-state index in [0.29, 0.717) is 12.4 Å². The van der Waals surface area contributed by atoms with Gasteiger partial charge >= 0.3 is 0 Å². The molecule has 0 saturated heterocycles. The van der Waals surface area contributed by atoms with Gasteiger partial charge in [-0.1, -0.05) is 0 Å². The Hall–Kier alpha value is -0.150. The smallest absolute Gasteiger partial charge is 0.117 e. The molecule has 0 aromatic carbocycles. The summed E-state index contributed by atoms with van der Waals surface area (Å²) in [6.07, 6.45) is 1.27. The van der Waals surface area contributed by atoms with E-state index in [0.717, 1.165) is 5.76 Å². The highest BCUT2D eigenvalue weighted by atomic mass is 32.1. The number of thiol groups is 1. The average Bonchev–Trinajstić information content (AvgIpc) is 2.14. The van der Waals surface area contributed by atoms with Crippen molar-refractivity contribution in [1.29, 1.82) is 0 Å². The summed E-state index contributed by atoms with van der Waals surface area (Å²) < 4.78 is 4.95. The van der Waals surface area contributed by atoms with Gasteiger partial charge in [-0.05, 0) is 6.08 Å². The van der Waals surface area contributed by atoms with Crippen LogP contribution in [0.4, 0.5) is 0 Å². The van der Waals surface area contributed by atoms with Crippen molar-refractivity contribution in [3.63, 3.8) is 0 Å². The van der Waals surface area contributed by atoms with Crippen molar-refractivity contribution in [3.05, 3.63) is 11.8 Å². The van der Waals surface area contributed by atoms with E-state index in [1.54, 1.807) is 6.08 Å². The Balaban J connectivity index is 2.44. The molecule has 46 valence electrons. The molecule has 0 fully saturated rings. The van der Waals surface area contributed by atoms with Crippen molar-refractivity contribution in [2.45, 2.75) is 6.10 Å². The minimum absolute atomic E-state index is 0.399. The van der Waals surface area contributed by atoms with Crippen molar-refractivity contribution < 1.29 is 9.84 Å². The number of hydrogen-bond acceptors (Lipinski definition) is 3. The maximum absolute atomic E-state index is 8.80. The average molecular weight is 132 g/mol. The Morgan fingerprint density at radius 3 is 3.00 bits per heavy atom. The molecule has 1 heterocycles. The van der Waals surface area contributed by atoms with E-state index < -0.39 is 6.10 Å². The van der Waals surface area contributed by atoms with Gasteiger partial charge in [0.1, 0.15) is 18.5 Å². The first kappa shape index (κ1) is 5.98. The second kappa shape index (κ2) is 2.42. The number of aliphatic hydroxyl groups is 1. The van der Waals surface area contributed by atoms with E-state index in [-0.39, 0.29) is 0 Å². The first-order valence-electron chi connectivity index (χ1n) is 2.45. The monoisotopic (exact) mass is 132 g/mol. The zero-order chi connectivity index (χ0) is 5.98. The molecule has 0 aromatic rings. The molecule has 0 saturated carbocycles. The fourth-order valence-corrected chi connectivity index (χ4v) is 0.798. The Labute approximate surface area is 53.6 Å². The summed E-state index contributed by atoms with van der Waals surface area (Å²) in [7, 11) is 0. The lowest BCUT2D eigenvalue weighted by Crippen LogP contribution is -2.02. The third-order valence-corrected chi connectivity index (χ3v) is 1.29. The standard InChI is InChI=1S/C5H8O2S/c6-4-1-5(3-8)7-2-4/h1,4,6,8H,2-3H2. The third-order valence-electron chi connectivity index (χ3n) is 0.974. The van der Waals surface area contributed by atoms with Crippen LogP contribution in [-0.2, 0) is 4.74 Å². The SMILES string of the molecule is OC1C=C(CS)OC1. The van der Waals surface area contributed by atoms with Crippen LogP contribution in [0.25, 0.3) is 0 Å². The first-order valence-corrected chi connectivity index (χ1v) is 3.08. The molecule has 1 atom stereocenters. The first-order chi connectivity index (χ1) is 3.83. The van der Waals surface area contributed by atoms with Gasteiger partial charge in [-0.15, -0.1) is 0 Å². The van der Waals surface area contributed by atoms with E-state index in [2.05, 4.69) is 12.6 Å². The van der Waals surface area contributed by atoms with E-state index in [1.807, 2.05) is 0 Å². The van der Waals surface area contributed by atoms with Crippen molar-refractivity contribution in [1.82, 2.24) is 0 Å². The third kappa shape index (κ3) is 1.17. The number of rotatable bonds is 1.